The van der Waals surface area contributed by atoms with Crippen molar-refractivity contribution in [1.29, 1.82) is 0 Å². The van der Waals surface area contributed by atoms with Gasteiger partial charge in [-0.05, 0) is 39.8 Å². The van der Waals surface area contributed by atoms with E-state index in [1.165, 1.54) is 4.57 Å². The zero-order valence-corrected chi connectivity index (χ0v) is 12.5. The highest BCUT2D eigenvalue weighted by Gasteiger charge is 2.25. The molecule has 0 aliphatic heterocycles. The molecule has 0 unspecified atom stereocenters. The first-order valence-electron chi connectivity index (χ1n) is 6.69. The van der Waals surface area contributed by atoms with Gasteiger partial charge in [-0.1, -0.05) is 0 Å². The Hall–Kier alpha value is -2.37. The van der Waals surface area contributed by atoms with Gasteiger partial charge in [0.1, 0.15) is 11.3 Å². The maximum atomic E-state index is 12.4. The van der Waals surface area contributed by atoms with Crippen LogP contribution in [0.4, 0.5) is 4.79 Å². The summed E-state index contributed by atoms with van der Waals surface area (Å²) in [5.41, 5.74) is 0.0310. The van der Waals surface area contributed by atoms with Crippen molar-refractivity contribution in [2.45, 2.75) is 33.3 Å². The Bertz CT molecular complexity index is 683. The molecule has 0 atom stereocenters. The number of pyridine rings is 1. The first kappa shape index (κ1) is 15.0. The van der Waals surface area contributed by atoms with Gasteiger partial charge < -0.3 is 9.47 Å². The highest BCUT2D eigenvalue weighted by Crippen LogP contribution is 2.21. The number of hydrogen-bond acceptors (Lipinski definition) is 5. The second kappa shape index (κ2) is 5.55. The first-order chi connectivity index (χ1) is 9.83. The van der Waals surface area contributed by atoms with Crippen molar-refractivity contribution >= 4 is 23.0 Å². The van der Waals surface area contributed by atoms with Crippen molar-refractivity contribution in [3.8, 4) is 0 Å². The number of rotatable bonds is 2. The Morgan fingerprint density at radius 1 is 1.33 bits per heavy atom. The lowest BCUT2D eigenvalue weighted by molar-refractivity contribution is 0.0454. The number of carbonyl (C=O) groups excluding carboxylic acids is 2. The number of fused-ring (bicyclic) bond motifs is 1. The van der Waals surface area contributed by atoms with E-state index in [0.29, 0.717) is 10.9 Å². The summed E-state index contributed by atoms with van der Waals surface area (Å²) in [4.78, 5) is 28.4. The van der Waals surface area contributed by atoms with Gasteiger partial charge in [-0.25, -0.2) is 14.2 Å². The standard InChI is InChI=1S/C15H18N2O4/c1-5-20-13(18)12-8-10-9-16-7-6-11(10)17(12)14(19)21-15(2,3)4/h6-9H,5H2,1-4H3. The summed E-state index contributed by atoms with van der Waals surface area (Å²) < 4.78 is 11.6. The number of aromatic nitrogens is 2. The smallest absolute Gasteiger partial charge is 0.419 e. The third-order valence-corrected chi connectivity index (χ3v) is 2.66. The third-order valence-electron chi connectivity index (χ3n) is 2.66. The molecule has 2 aromatic heterocycles. The minimum Gasteiger partial charge on any atom is -0.461 e. The Balaban J connectivity index is 2.55. The number of ether oxygens (including phenoxy) is 2. The number of esters is 1. The van der Waals surface area contributed by atoms with E-state index in [4.69, 9.17) is 9.47 Å². The van der Waals surface area contributed by atoms with Crippen LogP contribution in [0.3, 0.4) is 0 Å². The van der Waals surface area contributed by atoms with Crippen molar-refractivity contribution in [3.63, 3.8) is 0 Å². The molecule has 6 nitrogen and oxygen atoms in total. The van der Waals surface area contributed by atoms with Gasteiger partial charge in [0.2, 0.25) is 0 Å². The Labute approximate surface area is 122 Å². The maximum Gasteiger partial charge on any atom is 0.419 e. The fourth-order valence-electron chi connectivity index (χ4n) is 1.92. The average molecular weight is 290 g/mol. The summed E-state index contributed by atoms with van der Waals surface area (Å²) in [6, 6.07) is 3.23. The summed E-state index contributed by atoms with van der Waals surface area (Å²) in [7, 11) is 0. The predicted molar refractivity (Wildman–Crippen MR) is 77.3 cm³/mol. The summed E-state index contributed by atoms with van der Waals surface area (Å²) in [5.74, 6) is -0.570. The zero-order chi connectivity index (χ0) is 15.6. The lowest BCUT2D eigenvalue weighted by Gasteiger charge is -2.20. The quantitative estimate of drug-likeness (QED) is 0.795. The topological polar surface area (TPSA) is 70.4 Å². The van der Waals surface area contributed by atoms with E-state index in [9.17, 15) is 9.59 Å². The van der Waals surface area contributed by atoms with Crippen LogP contribution < -0.4 is 0 Å². The zero-order valence-electron chi connectivity index (χ0n) is 12.5. The highest BCUT2D eigenvalue weighted by molar-refractivity contribution is 6.01. The molecule has 6 heteroatoms. The molecule has 2 heterocycles. The average Bonchev–Trinajstić information content (AvgIpc) is 2.76. The molecule has 0 aliphatic rings. The van der Waals surface area contributed by atoms with Gasteiger partial charge in [-0.3, -0.25) is 4.98 Å². The summed E-state index contributed by atoms with van der Waals surface area (Å²) >= 11 is 0. The molecule has 21 heavy (non-hydrogen) atoms. The normalized spacial score (nSPS) is 11.4. The van der Waals surface area contributed by atoms with Crippen LogP contribution in [0.25, 0.3) is 10.9 Å². The molecule has 0 amide bonds. The van der Waals surface area contributed by atoms with Crippen molar-refractivity contribution in [2.75, 3.05) is 6.61 Å². The van der Waals surface area contributed by atoms with Gasteiger partial charge in [0.15, 0.2) is 0 Å². The van der Waals surface area contributed by atoms with Crippen molar-refractivity contribution in [3.05, 3.63) is 30.2 Å². The van der Waals surface area contributed by atoms with Crippen LogP contribution in [0, 0.1) is 0 Å². The summed E-state index contributed by atoms with van der Waals surface area (Å²) in [5, 5.41) is 0.673. The fraction of sp³-hybridized carbons (Fsp3) is 0.400. The second-order valence-corrected chi connectivity index (χ2v) is 5.50. The number of nitrogens with zero attached hydrogens (tertiary/aromatic N) is 2. The van der Waals surface area contributed by atoms with Crippen LogP contribution in [0.15, 0.2) is 24.5 Å². The van der Waals surface area contributed by atoms with Gasteiger partial charge >= 0.3 is 12.1 Å². The molecule has 0 N–H and O–H groups in total. The SMILES string of the molecule is CCOC(=O)c1cc2cnccc2n1C(=O)OC(C)(C)C. The molecule has 2 rings (SSSR count). The van der Waals surface area contributed by atoms with Crippen molar-refractivity contribution in [2.24, 2.45) is 0 Å². The van der Waals surface area contributed by atoms with Crippen LogP contribution >= 0.6 is 0 Å². The van der Waals surface area contributed by atoms with Gasteiger partial charge in [0, 0.05) is 17.8 Å². The fourth-order valence-corrected chi connectivity index (χ4v) is 1.92. The van der Waals surface area contributed by atoms with Gasteiger partial charge in [0.05, 0.1) is 12.1 Å². The summed E-state index contributed by atoms with van der Waals surface area (Å²) in [6.45, 7) is 7.24. The van der Waals surface area contributed by atoms with E-state index in [1.54, 1.807) is 52.2 Å². The van der Waals surface area contributed by atoms with E-state index in [1.807, 2.05) is 0 Å². The molecule has 112 valence electrons. The van der Waals surface area contributed by atoms with Gasteiger partial charge in [-0.15, -0.1) is 0 Å². The first-order valence-corrected chi connectivity index (χ1v) is 6.69. The lowest BCUT2D eigenvalue weighted by Crippen LogP contribution is -2.29. The predicted octanol–water partition coefficient (Wildman–Crippen LogP) is 3.00. The number of carbonyl (C=O) groups is 2. The molecular weight excluding hydrogens is 272 g/mol. The minimum absolute atomic E-state index is 0.133. The van der Waals surface area contributed by atoms with E-state index in [0.717, 1.165) is 0 Å². The molecule has 0 spiro atoms. The molecule has 0 aliphatic carbocycles. The van der Waals surface area contributed by atoms with Crippen LogP contribution in [0.1, 0.15) is 38.2 Å². The third kappa shape index (κ3) is 3.21. The van der Waals surface area contributed by atoms with Crippen molar-refractivity contribution < 1.29 is 19.1 Å². The molecule has 0 bridgehead atoms. The Kier molecular flexibility index (Phi) is 3.97. The monoisotopic (exact) mass is 290 g/mol. The maximum absolute atomic E-state index is 12.4. The molecule has 0 fully saturated rings. The van der Waals surface area contributed by atoms with E-state index < -0.39 is 17.7 Å². The van der Waals surface area contributed by atoms with Crippen LogP contribution in [0.5, 0.6) is 0 Å². The van der Waals surface area contributed by atoms with Crippen LogP contribution in [0.2, 0.25) is 0 Å². The lowest BCUT2D eigenvalue weighted by atomic mass is 10.2. The molecule has 2 aromatic rings. The van der Waals surface area contributed by atoms with E-state index >= 15 is 0 Å². The number of hydrogen-bond donors (Lipinski definition) is 0. The minimum atomic E-state index is -0.660. The summed E-state index contributed by atoms with van der Waals surface area (Å²) in [6.07, 6.45) is 2.52. The van der Waals surface area contributed by atoms with E-state index in [-0.39, 0.29) is 12.3 Å². The van der Waals surface area contributed by atoms with Gasteiger partial charge in [0.25, 0.3) is 0 Å². The molecule has 0 radical (unpaired) electrons. The largest absolute Gasteiger partial charge is 0.461 e. The highest BCUT2D eigenvalue weighted by atomic mass is 16.6. The second-order valence-electron chi connectivity index (χ2n) is 5.50. The molecule has 0 saturated heterocycles. The van der Waals surface area contributed by atoms with Crippen LogP contribution in [-0.4, -0.2) is 33.8 Å². The van der Waals surface area contributed by atoms with Crippen LogP contribution in [-0.2, 0) is 9.47 Å². The van der Waals surface area contributed by atoms with Crippen molar-refractivity contribution in [1.82, 2.24) is 9.55 Å². The Morgan fingerprint density at radius 3 is 2.67 bits per heavy atom. The van der Waals surface area contributed by atoms with E-state index in [2.05, 4.69) is 4.98 Å². The molecule has 0 saturated carbocycles. The molecular formula is C15H18N2O4. The molecule has 0 aromatic carbocycles. The van der Waals surface area contributed by atoms with Gasteiger partial charge in [-0.2, -0.15) is 0 Å². The Morgan fingerprint density at radius 2 is 2.05 bits per heavy atom.